The van der Waals surface area contributed by atoms with Gasteiger partial charge in [0, 0.05) is 12.0 Å². The lowest BCUT2D eigenvalue weighted by Gasteiger charge is -2.12. The first-order valence-electron chi connectivity index (χ1n) is 8.13. The minimum Gasteiger partial charge on any atom is -0.497 e. The number of rotatable bonds is 5. The van der Waals surface area contributed by atoms with E-state index in [-0.39, 0.29) is 0 Å². The van der Waals surface area contributed by atoms with Gasteiger partial charge in [-0.15, -0.1) is 0 Å². The van der Waals surface area contributed by atoms with E-state index in [0.29, 0.717) is 6.54 Å². The summed E-state index contributed by atoms with van der Waals surface area (Å²) in [5, 5.41) is 4.79. The molecule has 4 nitrogen and oxygen atoms in total. The number of benzene rings is 2. The maximum atomic E-state index is 5.72. The molecule has 3 aromatic rings. The molecule has 0 aliphatic heterocycles. The predicted molar refractivity (Wildman–Crippen MR) is 97.8 cm³/mol. The number of aromatic nitrogens is 2. The van der Waals surface area contributed by atoms with Crippen molar-refractivity contribution in [1.82, 2.24) is 9.78 Å². The fourth-order valence-corrected chi connectivity index (χ4v) is 2.91. The number of ether oxygens (including phenoxy) is 1. The Hall–Kier alpha value is -2.59. The summed E-state index contributed by atoms with van der Waals surface area (Å²) < 4.78 is 7.37. The Balaban J connectivity index is 2.17. The normalized spacial score (nSPS) is 10.8. The zero-order chi connectivity index (χ0) is 17.1. The zero-order valence-corrected chi connectivity index (χ0v) is 14.4. The molecular weight excluding hydrogens is 298 g/mol. The fraction of sp³-hybridized carbons (Fsp3) is 0.250. The van der Waals surface area contributed by atoms with Crippen LogP contribution >= 0.6 is 0 Å². The number of methoxy groups -OCH3 is 1. The maximum absolute atomic E-state index is 5.72. The molecule has 0 bridgehead atoms. The van der Waals surface area contributed by atoms with Gasteiger partial charge >= 0.3 is 0 Å². The molecule has 24 heavy (non-hydrogen) atoms. The molecule has 124 valence electrons. The van der Waals surface area contributed by atoms with Crippen molar-refractivity contribution in [3.63, 3.8) is 0 Å². The van der Waals surface area contributed by atoms with Gasteiger partial charge in [0.2, 0.25) is 0 Å². The molecule has 1 heterocycles. The SMILES string of the molecule is COc1cccc(-c2cc(CCN)nn2-c2ccc(C)cc2C)c1. The summed E-state index contributed by atoms with van der Waals surface area (Å²) >= 11 is 0. The second-order valence-electron chi connectivity index (χ2n) is 5.99. The Morgan fingerprint density at radius 3 is 2.62 bits per heavy atom. The highest BCUT2D eigenvalue weighted by Gasteiger charge is 2.13. The molecule has 0 saturated heterocycles. The van der Waals surface area contributed by atoms with Crippen molar-refractivity contribution in [1.29, 1.82) is 0 Å². The van der Waals surface area contributed by atoms with E-state index in [2.05, 4.69) is 44.2 Å². The molecular formula is C20H23N3O. The van der Waals surface area contributed by atoms with Gasteiger partial charge in [-0.2, -0.15) is 5.10 Å². The van der Waals surface area contributed by atoms with Gasteiger partial charge in [0.1, 0.15) is 5.75 Å². The highest BCUT2D eigenvalue weighted by molar-refractivity contribution is 5.65. The highest BCUT2D eigenvalue weighted by Crippen LogP contribution is 2.28. The summed E-state index contributed by atoms with van der Waals surface area (Å²) in [4.78, 5) is 0. The van der Waals surface area contributed by atoms with Crippen LogP contribution in [0.5, 0.6) is 5.75 Å². The molecule has 0 aliphatic rings. The van der Waals surface area contributed by atoms with E-state index in [9.17, 15) is 0 Å². The molecule has 0 amide bonds. The average molecular weight is 321 g/mol. The second kappa shape index (κ2) is 6.89. The van der Waals surface area contributed by atoms with Crippen LogP contribution in [0.4, 0.5) is 0 Å². The molecule has 0 aliphatic carbocycles. The molecule has 0 atom stereocenters. The van der Waals surface area contributed by atoms with E-state index in [1.54, 1.807) is 7.11 Å². The molecule has 2 N–H and O–H groups in total. The zero-order valence-electron chi connectivity index (χ0n) is 14.4. The summed E-state index contributed by atoms with van der Waals surface area (Å²) in [7, 11) is 1.68. The third kappa shape index (κ3) is 3.19. The van der Waals surface area contributed by atoms with Crippen LogP contribution in [0.3, 0.4) is 0 Å². The molecule has 4 heteroatoms. The molecule has 0 radical (unpaired) electrons. The van der Waals surface area contributed by atoms with E-state index in [1.807, 2.05) is 22.9 Å². The Morgan fingerprint density at radius 1 is 1.08 bits per heavy atom. The second-order valence-corrected chi connectivity index (χ2v) is 5.99. The Bertz CT molecular complexity index is 852. The Labute approximate surface area is 142 Å². The van der Waals surface area contributed by atoms with Crippen LogP contribution in [0.1, 0.15) is 16.8 Å². The van der Waals surface area contributed by atoms with E-state index in [4.69, 9.17) is 15.6 Å². The largest absolute Gasteiger partial charge is 0.497 e. The lowest BCUT2D eigenvalue weighted by Crippen LogP contribution is -2.05. The van der Waals surface area contributed by atoms with Gasteiger partial charge in [-0.3, -0.25) is 0 Å². The third-order valence-electron chi connectivity index (χ3n) is 4.11. The van der Waals surface area contributed by atoms with Crippen molar-refractivity contribution in [2.45, 2.75) is 20.3 Å². The van der Waals surface area contributed by atoms with Crippen LogP contribution in [0.25, 0.3) is 16.9 Å². The number of aryl methyl sites for hydroxylation is 2. The average Bonchev–Trinajstić information content (AvgIpc) is 2.99. The van der Waals surface area contributed by atoms with Crippen LogP contribution in [0.15, 0.2) is 48.5 Å². The summed E-state index contributed by atoms with van der Waals surface area (Å²) in [6.07, 6.45) is 0.759. The number of hydrogen-bond acceptors (Lipinski definition) is 3. The number of hydrogen-bond donors (Lipinski definition) is 1. The van der Waals surface area contributed by atoms with Crippen LogP contribution < -0.4 is 10.5 Å². The monoisotopic (exact) mass is 321 g/mol. The van der Waals surface area contributed by atoms with Crippen molar-refractivity contribution in [2.24, 2.45) is 5.73 Å². The smallest absolute Gasteiger partial charge is 0.119 e. The first-order chi connectivity index (χ1) is 11.6. The Morgan fingerprint density at radius 2 is 1.92 bits per heavy atom. The van der Waals surface area contributed by atoms with Crippen LogP contribution in [-0.4, -0.2) is 23.4 Å². The van der Waals surface area contributed by atoms with Gasteiger partial charge in [-0.1, -0.05) is 29.8 Å². The van der Waals surface area contributed by atoms with Crippen molar-refractivity contribution >= 4 is 0 Å². The Kier molecular flexibility index (Phi) is 4.67. The molecule has 0 fully saturated rings. The van der Waals surface area contributed by atoms with Crippen molar-refractivity contribution in [2.75, 3.05) is 13.7 Å². The lowest BCUT2D eigenvalue weighted by atomic mass is 10.1. The first kappa shape index (κ1) is 16.3. The van der Waals surface area contributed by atoms with Gasteiger partial charge < -0.3 is 10.5 Å². The predicted octanol–water partition coefficient (Wildman–Crippen LogP) is 3.67. The van der Waals surface area contributed by atoms with Gasteiger partial charge in [0.15, 0.2) is 0 Å². The molecule has 3 rings (SSSR count). The highest BCUT2D eigenvalue weighted by atomic mass is 16.5. The minimum absolute atomic E-state index is 0.585. The van der Waals surface area contributed by atoms with Crippen molar-refractivity contribution in [3.8, 4) is 22.7 Å². The van der Waals surface area contributed by atoms with Gasteiger partial charge in [-0.25, -0.2) is 4.68 Å². The third-order valence-corrected chi connectivity index (χ3v) is 4.11. The molecule has 0 spiro atoms. The topological polar surface area (TPSA) is 53.1 Å². The van der Waals surface area contributed by atoms with Crippen molar-refractivity contribution < 1.29 is 4.74 Å². The van der Waals surface area contributed by atoms with E-state index in [0.717, 1.165) is 34.8 Å². The summed E-state index contributed by atoms with van der Waals surface area (Å²) in [5.41, 5.74) is 12.4. The number of nitrogens with zero attached hydrogens (tertiary/aromatic N) is 2. The fourth-order valence-electron chi connectivity index (χ4n) is 2.91. The lowest BCUT2D eigenvalue weighted by molar-refractivity contribution is 0.415. The van der Waals surface area contributed by atoms with Crippen molar-refractivity contribution in [3.05, 3.63) is 65.4 Å². The number of nitrogens with two attached hydrogens (primary N) is 1. The standard InChI is InChI=1S/C20H23N3O/c1-14-7-8-19(15(2)11-14)23-20(13-17(22-23)9-10-21)16-5-4-6-18(12-16)24-3/h4-8,11-13H,9-10,21H2,1-3H3. The molecule has 0 saturated carbocycles. The quantitative estimate of drug-likeness (QED) is 0.780. The van der Waals surface area contributed by atoms with Gasteiger partial charge in [0.05, 0.1) is 24.2 Å². The van der Waals surface area contributed by atoms with Gasteiger partial charge in [-0.05, 0) is 50.2 Å². The summed E-state index contributed by atoms with van der Waals surface area (Å²) in [6.45, 7) is 4.80. The molecule has 1 aromatic heterocycles. The van der Waals surface area contributed by atoms with E-state index < -0.39 is 0 Å². The summed E-state index contributed by atoms with van der Waals surface area (Å²) in [5.74, 6) is 0.834. The molecule has 2 aromatic carbocycles. The first-order valence-corrected chi connectivity index (χ1v) is 8.13. The van der Waals surface area contributed by atoms with Crippen LogP contribution in [-0.2, 0) is 6.42 Å². The molecule has 0 unspecified atom stereocenters. The van der Waals surface area contributed by atoms with Crippen LogP contribution in [0.2, 0.25) is 0 Å². The van der Waals surface area contributed by atoms with E-state index >= 15 is 0 Å². The maximum Gasteiger partial charge on any atom is 0.119 e. The van der Waals surface area contributed by atoms with Gasteiger partial charge in [0.25, 0.3) is 0 Å². The minimum atomic E-state index is 0.585. The van der Waals surface area contributed by atoms with Crippen LogP contribution in [0, 0.1) is 13.8 Å². The van der Waals surface area contributed by atoms with E-state index in [1.165, 1.54) is 11.1 Å². The summed E-state index contributed by atoms with van der Waals surface area (Å²) in [6, 6.07) is 16.6.